The largest absolute Gasteiger partial charge is 0.465 e. The highest BCUT2D eigenvalue weighted by Gasteiger charge is 2.06. The number of H-pyrrole nitrogens is 1. The van der Waals surface area contributed by atoms with Crippen molar-refractivity contribution in [1.29, 1.82) is 0 Å². The molecule has 1 aromatic rings. The van der Waals surface area contributed by atoms with Gasteiger partial charge in [0.1, 0.15) is 5.76 Å². The summed E-state index contributed by atoms with van der Waals surface area (Å²) in [5.41, 5.74) is -0.745. The summed E-state index contributed by atoms with van der Waals surface area (Å²) in [5.74, 6) is 0.199. The van der Waals surface area contributed by atoms with Crippen molar-refractivity contribution in [3.05, 3.63) is 51.5 Å². The van der Waals surface area contributed by atoms with Crippen LogP contribution in [0.3, 0.4) is 0 Å². The summed E-state index contributed by atoms with van der Waals surface area (Å²) in [4.78, 5) is 24.6. The summed E-state index contributed by atoms with van der Waals surface area (Å²) in [6, 6.07) is 0. The van der Waals surface area contributed by atoms with E-state index < -0.39 is 11.2 Å². The second-order valence-corrected chi connectivity index (χ2v) is 2.92. The third kappa shape index (κ3) is 2.46. The third-order valence-electron chi connectivity index (χ3n) is 1.75. The molecule has 0 spiro atoms. The number of allylic oxidation sites excluding steroid dienone is 1. The molecule has 0 aromatic carbocycles. The Labute approximate surface area is 86.3 Å². The van der Waals surface area contributed by atoms with E-state index in [2.05, 4.69) is 11.6 Å². The molecular formula is C10H12N2O3. The van der Waals surface area contributed by atoms with Crippen LogP contribution in [0.2, 0.25) is 0 Å². The van der Waals surface area contributed by atoms with Gasteiger partial charge in [0.05, 0.1) is 11.8 Å². The summed E-state index contributed by atoms with van der Waals surface area (Å²) in [5, 5.41) is 0. The average Bonchev–Trinajstić information content (AvgIpc) is 2.20. The van der Waals surface area contributed by atoms with E-state index >= 15 is 0 Å². The number of aryl methyl sites for hydroxylation is 1. The monoisotopic (exact) mass is 208 g/mol. The molecular weight excluding hydrogens is 196 g/mol. The molecule has 0 radical (unpaired) electrons. The second-order valence-electron chi connectivity index (χ2n) is 2.92. The van der Waals surface area contributed by atoms with Gasteiger partial charge in [-0.1, -0.05) is 12.7 Å². The standard InChI is InChI=1S/C10H12N2O3/c1-4-5-15-7(2)8-6-12(3)10(14)11-9(8)13/h4-6H,2H2,1,3H3,(H,11,13,14)/b5-4-. The highest BCUT2D eigenvalue weighted by Crippen LogP contribution is 2.07. The molecule has 5 nitrogen and oxygen atoms in total. The van der Waals surface area contributed by atoms with Crippen molar-refractivity contribution in [3.8, 4) is 0 Å². The topological polar surface area (TPSA) is 64.1 Å². The van der Waals surface area contributed by atoms with Crippen molar-refractivity contribution >= 4 is 5.76 Å². The Kier molecular flexibility index (Phi) is 3.28. The quantitative estimate of drug-likeness (QED) is 0.739. The van der Waals surface area contributed by atoms with Gasteiger partial charge in [0.25, 0.3) is 5.56 Å². The smallest absolute Gasteiger partial charge is 0.328 e. The lowest BCUT2D eigenvalue weighted by Crippen LogP contribution is -2.29. The maximum absolute atomic E-state index is 11.4. The number of nitrogens with zero attached hydrogens (tertiary/aromatic N) is 1. The van der Waals surface area contributed by atoms with Gasteiger partial charge in [0.15, 0.2) is 0 Å². The van der Waals surface area contributed by atoms with Crippen LogP contribution < -0.4 is 11.2 Å². The van der Waals surface area contributed by atoms with Crippen molar-refractivity contribution in [3.63, 3.8) is 0 Å². The number of hydrogen-bond donors (Lipinski definition) is 1. The molecule has 0 amide bonds. The van der Waals surface area contributed by atoms with Gasteiger partial charge in [0.2, 0.25) is 0 Å². The minimum atomic E-state index is -0.507. The van der Waals surface area contributed by atoms with Crippen LogP contribution in [0.25, 0.3) is 5.76 Å². The lowest BCUT2D eigenvalue weighted by atomic mass is 10.3. The summed E-state index contributed by atoms with van der Waals surface area (Å²) in [6.07, 6.45) is 4.46. The first kappa shape index (κ1) is 11.0. The van der Waals surface area contributed by atoms with Crippen LogP contribution in [-0.4, -0.2) is 9.55 Å². The molecule has 5 heteroatoms. The zero-order valence-corrected chi connectivity index (χ0v) is 8.61. The van der Waals surface area contributed by atoms with Crippen molar-refractivity contribution < 1.29 is 4.74 Å². The van der Waals surface area contributed by atoms with Gasteiger partial charge >= 0.3 is 5.69 Å². The van der Waals surface area contributed by atoms with E-state index in [0.29, 0.717) is 0 Å². The summed E-state index contributed by atoms with van der Waals surface area (Å²) in [7, 11) is 1.53. The minimum absolute atomic E-state index is 0.199. The number of nitrogens with one attached hydrogen (secondary N) is 1. The van der Waals surface area contributed by atoms with E-state index in [0.717, 1.165) is 0 Å². The Morgan fingerprint density at radius 1 is 1.60 bits per heavy atom. The van der Waals surface area contributed by atoms with Crippen LogP contribution >= 0.6 is 0 Å². The fourth-order valence-electron chi connectivity index (χ4n) is 0.976. The Morgan fingerprint density at radius 2 is 2.27 bits per heavy atom. The summed E-state index contributed by atoms with van der Waals surface area (Å²) in [6.45, 7) is 5.36. The Bertz CT molecular complexity index is 508. The van der Waals surface area contributed by atoms with Crippen molar-refractivity contribution in [2.75, 3.05) is 0 Å². The number of rotatable bonds is 3. The molecule has 0 bridgehead atoms. The molecule has 0 saturated heterocycles. The zero-order valence-electron chi connectivity index (χ0n) is 8.61. The average molecular weight is 208 g/mol. The van der Waals surface area contributed by atoms with Crippen LogP contribution in [0.4, 0.5) is 0 Å². The molecule has 0 fully saturated rings. The molecule has 0 unspecified atom stereocenters. The Morgan fingerprint density at radius 3 is 2.87 bits per heavy atom. The van der Waals surface area contributed by atoms with Crippen molar-refractivity contribution in [2.45, 2.75) is 6.92 Å². The Balaban J connectivity index is 3.15. The number of aromatic nitrogens is 2. The molecule has 1 rings (SSSR count). The van der Waals surface area contributed by atoms with E-state index in [4.69, 9.17) is 4.74 Å². The molecule has 1 aromatic heterocycles. The van der Waals surface area contributed by atoms with E-state index in [1.807, 2.05) is 0 Å². The van der Waals surface area contributed by atoms with Gasteiger partial charge in [-0.25, -0.2) is 4.79 Å². The normalized spacial score (nSPS) is 10.5. The van der Waals surface area contributed by atoms with Crippen LogP contribution in [0.1, 0.15) is 12.5 Å². The third-order valence-corrected chi connectivity index (χ3v) is 1.75. The van der Waals surface area contributed by atoms with Crippen LogP contribution in [-0.2, 0) is 11.8 Å². The van der Waals surface area contributed by atoms with E-state index in [1.165, 1.54) is 24.1 Å². The predicted octanol–water partition coefficient (Wildman–Crippen LogP) is 0.595. The van der Waals surface area contributed by atoms with Gasteiger partial charge in [-0.15, -0.1) is 0 Å². The lowest BCUT2D eigenvalue weighted by molar-refractivity contribution is 0.435. The minimum Gasteiger partial charge on any atom is -0.465 e. The molecule has 0 saturated carbocycles. The van der Waals surface area contributed by atoms with Crippen molar-refractivity contribution in [2.24, 2.45) is 7.05 Å². The fourth-order valence-corrected chi connectivity index (χ4v) is 0.976. The van der Waals surface area contributed by atoms with Gasteiger partial charge < -0.3 is 9.30 Å². The van der Waals surface area contributed by atoms with E-state index in [9.17, 15) is 9.59 Å². The molecule has 0 aliphatic rings. The first-order chi connectivity index (χ1) is 7.06. The second kappa shape index (κ2) is 4.45. The van der Waals surface area contributed by atoms with Crippen LogP contribution in [0.15, 0.2) is 34.7 Å². The SMILES string of the molecule is C=C(O/C=C\C)c1cn(C)c(=O)[nH]c1=O. The molecule has 15 heavy (non-hydrogen) atoms. The molecule has 0 aliphatic heterocycles. The van der Waals surface area contributed by atoms with Crippen LogP contribution in [0.5, 0.6) is 0 Å². The lowest BCUT2D eigenvalue weighted by Gasteiger charge is -2.04. The zero-order chi connectivity index (χ0) is 11.4. The predicted molar refractivity (Wildman–Crippen MR) is 57.2 cm³/mol. The maximum atomic E-state index is 11.4. The molecule has 80 valence electrons. The van der Waals surface area contributed by atoms with E-state index in [1.54, 1.807) is 13.0 Å². The highest BCUT2D eigenvalue weighted by atomic mass is 16.5. The molecule has 1 heterocycles. The van der Waals surface area contributed by atoms with Gasteiger partial charge in [-0.2, -0.15) is 0 Å². The number of aromatic amines is 1. The summed E-state index contributed by atoms with van der Waals surface area (Å²) >= 11 is 0. The molecule has 0 atom stereocenters. The number of ether oxygens (including phenoxy) is 1. The first-order valence-electron chi connectivity index (χ1n) is 4.33. The Hall–Kier alpha value is -2.04. The van der Waals surface area contributed by atoms with Gasteiger partial charge in [-0.05, 0) is 6.92 Å². The fraction of sp³-hybridized carbons (Fsp3) is 0.200. The van der Waals surface area contributed by atoms with Crippen LogP contribution in [0, 0.1) is 0 Å². The van der Waals surface area contributed by atoms with E-state index in [-0.39, 0.29) is 11.3 Å². The highest BCUT2D eigenvalue weighted by molar-refractivity contribution is 5.55. The summed E-state index contributed by atoms with van der Waals surface area (Å²) < 4.78 is 6.29. The molecule has 0 aliphatic carbocycles. The molecule has 1 N–H and O–H groups in total. The maximum Gasteiger partial charge on any atom is 0.328 e. The number of hydrogen-bond acceptors (Lipinski definition) is 3. The van der Waals surface area contributed by atoms with Crippen molar-refractivity contribution in [1.82, 2.24) is 9.55 Å². The first-order valence-corrected chi connectivity index (χ1v) is 4.33. The van der Waals surface area contributed by atoms with Gasteiger partial charge in [0, 0.05) is 13.2 Å². The van der Waals surface area contributed by atoms with Gasteiger partial charge in [-0.3, -0.25) is 9.78 Å².